The van der Waals surface area contributed by atoms with Crippen LogP contribution in [0.3, 0.4) is 0 Å². The Morgan fingerprint density at radius 3 is 2.68 bits per heavy atom. The van der Waals surface area contributed by atoms with Gasteiger partial charge in [0.15, 0.2) is 5.65 Å². The molecule has 0 unspecified atom stereocenters. The summed E-state index contributed by atoms with van der Waals surface area (Å²) >= 11 is 0. The van der Waals surface area contributed by atoms with Crippen molar-refractivity contribution in [3.8, 4) is 5.69 Å². The molecular weight excluding hydrogens is 378 g/mol. The molecule has 2 aromatic heterocycles. The summed E-state index contributed by atoms with van der Waals surface area (Å²) in [5.41, 5.74) is 0.631. The first-order chi connectivity index (χ1) is 13.3. The van der Waals surface area contributed by atoms with Crippen molar-refractivity contribution >= 4 is 22.8 Å². The lowest BCUT2D eigenvalue weighted by molar-refractivity contribution is -0.127. The number of likely N-dealkylation sites (tertiary alicyclic amines) is 1. The summed E-state index contributed by atoms with van der Waals surface area (Å²) in [7, 11) is 0. The molecule has 0 radical (unpaired) electrons. The van der Waals surface area contributed by atoms with Crippen molar-refractivity contribution in [3.63, 3.8) is 0 Å². The summed E-state index contributed by atoms with van der Waals surface area (Å²) in [4.78, 5) is 17.6. The minimum atomic E-state index is -4.35. The molecule has 1 fully saturated rings. The van der Waals surface area contributed by atoms with Crippen LogP contribution >= 0.6 is 0 Å². The molecule has 146 valence electrons. The third-order valence-corrected chi connectivity index (χ3v) is 4.41. The second-order valence-corrected chi connectivity index (χ2v) is 6.56. The number of aromatic nitrogens is 3. The monoisotopic (exact) mass is 393 g/mol. The van der Waals surface area contributed by atoms with Gasteiger partial charge in [-0.2, -0.15) is 13.2 Å². The first-order valence-corrected chi connectivity index (χ1v) is 8.55. The van der Waals surface area contributed by atoms with E-state index in [4.69, 9.17) is 0 Å². The van der Waals surface area contributed by atoms with Crippen molar-refractivity contribution in [2.45, 2.75) is 19.0 Å². The number of hydrogen-bond acceptors (Lipinski definition) is 3. The van der Waals surface area contributed by atoms with Gasteiger partial charge in [0, 0.05) is 36.6 Å². The molecule has 6 nitrogen and oxygen atoms in total. The fourth-order valence-electron chi connectivity index (χ4n) is 2.90. The van der Waals surface area contributed by atoms with E-state index in [0.29, 0.717) is 24.2 Å². The standard InChI is InChI=1S/C18H15F4N5O/c19-14-3-2-13(24-17(28)26-4-1-5-26)7-15(14)27-10-12-6-11(8-18(20,21)22)9-23-16(12)25-27/h2-3,6-7,9-10H,1,4-5,8H2,(H,24,28). The van der Waals surface area contributed by atoms with Crippen LogP contribution in [0.1, 0.15) is 12.0 Å². The second-order valence-electron chi connectivity index (χ2n) is 6.56. The molecule has 1 aliphatic rings. The van der Waals surface area contributed by atoms with Crippen molar-refractivity contribution in [1.29, 1.82) is 0 Å². The molecule has 0 atom stereocenters. The summed E-state index contributed by atoms with van der Waals surface area (Å²) in [5.74, 6) is -0.592. The van der Waals surface area contributed by atoms with E-state index in [1.165, 1.54) is 35.1 Å². The highest BCUT2D eigenvalue weighted by molar-refractivity contribution is 5.90. The molecule has 28 heavy (non-hydrogen) atoms. The minimum Gasteiger partial charge on any atom is -0.324 e. The zero-order valence-electron chi connectivity index (χ0n) is 14.5. The summed E-state index contributed by atoms with van der Waals surface area (Å²) in [6, 6.07) is 5.09. The van der Waals surface area contributed by atoms with Gasteiger partial charge >= 0.3 is 12.2 Å². The number of anilines is 1. The number of urea groups is 1. The molecule has 0 spiro atoms. The molecule has 10 heteroatoms. The van der Waals surface area contributed by atoms with Crippen LogP contribution in [0.15, 0.2) is 36.7 Å². The Morgan fingerprint density at radius 2 is 2.00 bits per heavy atom. The van der Waals surface area contributed by atoms with Gasteiger partial charge in [-0.15, -0.1) is 5.10 Å². The van der Waals surface area contributed by atoms with Gasteiger partial charge < -0.3 is 10.2 Å². The van der Waals surface area contributed by atoms with Crippen molar-refractivity contribution in [2.24, 2.45) is 0 Å². The van der Waals surface area contributed by atoms with Crippen LogP contribution in [0, 0.1) is 5.82 Å². The van der Waals surface area contributed by atoms with E-state index in [2.05, 4.69) is 15.4 Å². The van der Waals surface area contributed by atoms with Gasteiger partial charge in [0.25, 0.3) is 0 Å². The van der Waals surface area contributed by atoms with Gasteiger partial charge in [-0.25, -0.2) is 18.9 Å². The highest BCUT2D eigenvalue weighted by Crippen LogP contribution is 2.25. The molecule has 1 saturated heterocycles. The summed E-state index contributed by atoms with van der Waals surface area (Å²) in [6.07, 6.45) is -1.99. The maximum absolute atomic E-state index is 14.3. The van der Waals surface area contributed by atoms with Gasteiger partial charge in [0.05, 0.1) is 6.42 Å². The van der Waals surface area contributed by atoms with Crippen molar-refractivity contribution in [3.05, 3.63) is 48.0 Å². The third kappa shape index (κ3) is 3.75. The largest absolute Gasteiger partial charge is 0.393 e. The van der Waals surface area contributed by atoms with E-state index in [-0.39, 0.29) is 22.9 Å². The number of rotatable bonds is 3. The van der Waals surface area contributed by atoms with E-state index < -0.39 is 18.4 Å². The smallest absolute Gasteiger partial charge is 0.324 e. The molecular formula is C18H15F4N5O. The van der Waals surface area contributed by atoms with Crippen LogP contribution in [0.25, 0.3) is 16.7 Å². The van der Waals surface area contributed by atoms with Crippen LogP contribution in [-0.2, 0) is 6.42 Å². The highest BCUT2D eigenvalue weighted by atomic mass is 19.4. The summed E-state index contributed by atoms with van der Waals surface area (Å²) < 4.78 is 53.2. The van der Waals surface area contributed by atoms with Gasteiger partial charge in [-0.1, -0.05) is 0 Å². The lowest BCUT2D eigenvalue weighted by Crippen LogP contribution is -2.44. The van der Waals surface area contributed by atoms with E-state index >= 15 is 0 Å². The van der Waals surface area contributed by atoms with Gasteiger partial charge in [-0.3, -0.25) is 0 Å². The van der Waals surface area contributed by atoms with Crippen LogP contribution < -0.4 is 5.32 Å². The molecule has 3 heterocycles. The Kier molecular flexibility index (Phi) is 4.40. The van der Waals surface area contributed by atoms with Crippen molar-refractivity contribution in [1.82, 2.24) is 19.7 Å². The topological polar surface area (TPSA) is 63.1 Å². The van der Waals surface area contributed by atoms with Crippen molar-refractivity contribution in [2.75, 3.05) is 18.4 Å². The number of nitrogens with zero attached hydrogens (tertiary/aromatic N) is 4. The molecule has 1 N–H and O–H groups in total. The van der Waals surface area contributed by atoms with E-state index in [1.54, 1.807) is 4.90 Å². The van der Waals surface area contributed by atoms with Gasteiger partial charge in [0.1, 0.15) is 11.5 Å². The minimum absolute atomic E-state index is 0.00409. The van der Waals surface area contributed by atoms with E-state index in [1.807, 2.05) is 0 Å². The molecule has 4 rings (SSSR count). The van der Waals surface area contributed by atoms with Crippen LogP contribution in [0.5, 0.6) is 0 Å². The molecule has 1 aliphatic heterocycles. The third-order valence-electron chi connectivity index (χ3n) is 4.41. The Labute approximate surface area is 156 Å². The fraction of sp³-hybridized carbons (Fsp3) is 0.278. The quantitative estimate of drug-likeness (QED) is 0.687. The highest BCUT2D eigenvalue weighted by Gasteiger charge is 2.28. The normalized spacial score (nSPS) is 14.2. The van der Waals surface area contributed by atoms with Crippen LogP contribution in [0.2, 0.25) is 0 Å². The van der Waals surface area contributed by atoms with Crippen LogP contribution in [-0.4, -0.2) is 45.0 Å². The number of pyridine rings is 1. The Balaban J connectivity index is 1.63. The lowest BCUT2D eigenvalue weighted by atomic mass is 10.2. The zero-order valence-corrected chi connectivity index (χ0v) is 14.5. The van der Waals surface area contributed by atoms with Crippen molar-refractivity contribution < 1.29 is 22.4 Å². The summed E-state index contributed by atoms with van der Waals surface area (Å²) in [6.45, 7) is 1.35. The predicted octanol–water partition coefficient (Wildman–Crippen LogP) is 3.90. The average molecular weight is 393 g/mol. The Hall–Kier alpha value is -3.17. The number of amides is 2. The number of fused-ring (bicyclic) bond motifs is 1. The number of halogens is 4. The number of hydrogen-bond donors (Lipinski definition) is 1. The molecule has 1 aromatic carbocycles. The fourth-order valence-corrected chi connectivity index (χ4v) is 2.90. The zero-order chi connectivity index (χ0) is 19.9. The number of nitrogens with one attached hydrogen (secondary N) is 1. The van der Waals surface area contributed by atoms with Gasteiger partial charge in [-0.05, 0) is 36.2 Å². The number of carbonyl (C=O) groups excluding carboxylic acids is 1. The molecule has 0 aliphatic carbocycles. The Morgan fingerprint density at radius 1 is 1.21 bits per heavy atom. The predicted molar refractivity (Wildman–Crippen MR) is 93.8 cm³/mol. The Bertz CT molecular complexity index is 1040. The van der Waals surface area contributed by atoms with Crippen LogP contribution in [0.4, 0.5) is 28.0 Å². The average Bonchev–Trinajstić information content (AvgIpc) is 2.96. The first-order valence-electron chi connectivity index (χ1n) is 8.55. The molecule has 3 aromatic rings. The summed E-state index contributed by atoms with van der Waals surface area (Å²) in [5, 5.41) is 7.17. The molecule has 0 bridgehead atoms. The SMILES string of the molecule is O=C(Nc1ccc(F)c(-n2cc3cc(CC(F)(F)F)cnc3n2)c1)N1CCC1. The number of carbonyl (C=O) groups is 1. The maximum atomic E-state index is 14.3. The van der Waals surface area contributed by atoms with E-state index in [9.17, 15) is 22.4 Å². The van der Waals surface area contributed by atoms with Gasteiger partial charge in [0.2, 0.25) is 0 Å². The number of benzene rings is 1. The lowest BCUT2D eigenvalue weighted by Gasteiger charge is -2.30. The maximum Gasteiger partial charge on any atom is 0.393 e. The number of alkyl halides is 3. The molecule has 2 amide bonds. The van der Waals surface area contributed by atoms with E-state index in [0.717, 1.165) is 12.6 Å². The molecule has 0 saturated carbocycles. The second kappa shape index (κ2) is 6.77. The first kappa shape index (κ1) is 18.2.